The monoisotopic (exact) mass is 262 g/mol. The van der Waals surface area contributed by atoms with E-state index < -0.39 is 0 Å². The van der Waals surface area contributed by atoms with E-state index in [1.165, 1.54) is 20.8 Å². The van der Waals surface area contributed by atoms with Crippen molar-refractivity contribution in [3.8, 4) is 0 Å². The maximum atomic E-state index is 3.64. The molecule has 0 unspecified atom stereocenters. The highest BCUT2D eigenvalue weighted by atomic mass is 79.9. The Labute approximate surface area is 99.4 Å². The van der Waals surface area contributed by atoms with Gasteiger partial charge >= 0.3 is 0 Å². The lowest BCUT2D eigenvalue weighted by molar-refractivity contribution is 0.591. The molecule has 0 fully saturated rings. The van der Waals surface area contributed by atoms with E-state index in [-0.39, 0.29) is 5.41 Å². The molecule has 15 heavy (non-hydrogen) atoms. The minimum atomic E-state index is 0.201. The van der Waals surface area contributed by atoms with Gasteiger partial charge in [0.1, 0.15) is 0 Å². The molecule has 0 N–H and O–H groups in total. The van der Waals surface area contributed by atoms with Crippen molar-refractivity contribution in [3.63, 3.8) is 0 Å². The van der Waals surface area contributed by atoms with Crippen LogP contribution in [0.4, 0.5) is 0 Å². The van der Waals surface area contributed by atoms with Gasteiger partial charge in [-0.3, -0.25) is 0 Å². The van der Waals surface area contributed by atoms with Crippen molar-refractivity contribution in [1.29, 1.82) is 0 Å². The van der Waals surface area contributed by atoms with Crippen LogP contribution in [-0.2, 0) is 5.41 Å². The first-order valence-electron chi connectivity index (χ1n) is 5.17. The molecule has 2 aromatic carbocycles. The van der Waals surface area contributed by atoms with E-state index in [9.17, 15) is 0 Å². The van der Waals surface area contributed by atoms with Crippen molar-refractivity contribution in [3.05, 3.63) is 46.4 Å². The Bertz CT molecular complexity index is 492. The molecule has 0 saturated heterocycles. The first-order valence-corrected chi connectivity index (χ1v) is 5.96. The lowest BCUT2D eigenvalue weighted by Gasteiger charge is -2.20. The van der Waals surface area contributed by atoms with Crippen LogP contribution in [0.25, 0.3) is 10.8 Å². The molecule has 0 nitrogen and oxygen atoms in total. The van der Waals surface area contributed by atoms with Crippen molar-refractivity contribution in [1.82, 2.24) is 0 Å². The van der Waals surface area contributed by atoms with Crippen LogP contribution < -0.4 is 0 Å². The average molecular weight is 263 g/mol. The van der Waals surface area contributed by atoms with E-state index in [4.69, 9.17) is 0 Å². The van der Waals surface area contributed by atoms with Gasteiger partial charge in [-0.15, -0.1) is 0 Å². The minimum Gasteiger partial charge on any atom is -0.0616 e. The summed E-state index contributed by atoms with van der Waals surface area (Å²) < 4.78 is 1.19. The molecule has 0 saturated carbocycles. The Morgan fingerprint density at radius 3 is 2.33 bits per heavy atom. The standard InChI is InChI=1S/C14H15Br/c1-14(2,3)11-8-10-6-4-5-7-12(10)13(15)9-11/h4-9H,1-3H3. The molecule has 0 aromatic heterocycles. The van der Waals surface area contributed by atoms with Crippen LogP contribution in [0.15, 0.2) is 40.9 Å². The summed E-state index contributed by atoms with van der Waals surface area (Å²) in [5, 5.41) is 2.59. The number of hydrogen-bond acceptors (Lipinski definition) is 0. The molecule has 78 valence electrons. The second-order valence-electron chi connectivity index (χ2n) is 4.93. The smallest absolute Gasteiger partial charge is 0.0256 e. The van der Waals surface area contributed by atoms with Crippen LogP contribution in [0.3, 0.4) is 0 Å². The second-order valence-corrected chi connectivity index (χ2v) is 5.78. The zero-order chi connectivity index (χ0) is 11.1. The second kappa shape index (κ2) is 3.64. The van der Waals surface area contributed by atoms with Crippen LogP contribution >= 0.6 is 15.9 Å². The van der Waals surface area contributed by atoms with Crippen LogP contribution in [0.5, 0.6) is 0 Å². The highest BCUT2D eigenvalue weighted by molar-refractivity contribution is 9.10. The SMILES string of the molecule is CC(C)(C)c1cc(Br)c2ccccc2c1. The summed E-state index contributed by atoms with van der Waals surface area (Å²) in [6.45, 7) is 6.72. The molecular formula is C14H15Br. The highest BCUT2D eigenvalue weighted by Crippen LogP contribution is 2.31. The van der Waals surface area contributed by atoms with Gasteiger partial charge in [-0.25, -0.2) is 0 Å². The third-order valence-corrected chi connectivity index (χ3v) is 3.33. The Hall–Kier alpha value is -0.820. The zero-order valence-corrected chi connectivity index (χ0v) is 10.9. The van der Waals surface area contributed by atoms with Gasteiger partial charge in [0, 0.05) is 4.47 Å². The van der Waals surface area contributed by atoms with Crippen LogP contribution in [0.2, 0.25) is 0 Å². The molecule has 0 bridgehead atoms. The summed E-state index contributed by atoms with van der Waals surface area (Å²) in [4.78, 5) is 0. The molecule has 1 heteroatoms. The molecule has 2 aromatic rings. The molecule has 0 atom stereocenters. The molecule has 0 aliphatic rings. The third-order valence-electron chi connectivity index (χ3n) is 2.68. The first-order chi connectivity index (χ1) is 6.98. The van der Waals surface area contributed by atoms with E-state index in [1.54, 1.807) is 0 Å². The maximum absolute atomic E-state index is 3.64. The van der Waals surface area contributed by atoms with Gasteiger partial charge in [-0.2, -0.15) is 0 Å². The van der Waals surface area contributed by atoms with Crippen molar-refractivity contribution >= 4 is 26.7 Å². The molecule has 2 rings (SSSR count). The average Bonchev–Trinajstić information content (AvgIpc) is 2.16. The van der Waals surface area contributed by atoms with Gasteiger partial charge in [0.15, 0.2) is 0 Å². The zero-order valence-electron chi connectivity index (χ0n) is 9.34. The predicted octanol–water partition coefficient (Wildman–Crippen LogP) is 4.90. The van der Waals surface area contributed by atoms with E-state index in [1.807, 2.05) is 0 Å². The fraction of sp³-hybridized carbons (Fsp3) is 0.286. The van der Waals surface area contributed by atoms with Crippen LogP contribution in [-0.4, -0.2) is 0 Å². The lowest BCUT2D eigenvalue weighted by atomic mass is 9.86. The molecule has 0 aliphatic heterocycles. The molecule has 0 aliphatic carbocycles. The topological polar surface area (TPSA) is 0 Å². The van der Waals surface area contributed by atoms with E-state index in [2.05, 4.69) is 73.1 Å². The lowest BCUT2D eigenvalue weighted by Crippen LogP contribution is -2.10. The number of benzene rings is 2. The van der Waals surface area contributed by atoms with Gasteiger partial charge in [0.25, 0.3) is 0 Å². The van der Waals surface area contributed by atoms with Gasteiger partial charge in [0.2, 0.25) is 0 Å². The van der Waals surface area contributed by atoms with Crippen LogP contribution in [0, 0.1) is 0 Å². The highest BCUT2D eigenvalue weighted by Gasteiger charge is 2.15. The van der Waals surface area contributed by atoms with E-state index in [0.717, 1.165) is 0 Å². The molecular weight excluding hydrogens is 248 g/mol. The molecule has 0 spiro atoms. The first kappa shape index (κ1) is 10.7. The Morgan fingerprint density at radius 1 is 1.00 bits per heavy atom. The predicted molar refractivity (Wildman–Crippen MR) is 70.3 cm³/mol. The number of hydrogen-bond donors (Lipinski definition) is 0. The number of halogens is 1. The fourth-order valence-electron chi connectivity index (χ4n) is 1.70. The van der Waals surface area contributed by atoms with Gasteiger partial charge < -0.3 is 0 Å². The van der Waals surface area contributed by atoms with Crippen molar-refractivity contribution in [2.24, 2.45) is 0 Å². The van der Waals surface area contributed by atoms with Gasteiger partial charge in [-0.05, 0) is 27.8 Å². The van der Waals surface area contributed by atoms with Crippen molar-refractivity contribution < 1.29 is 0 Å². The fourth-order valence-corrected chi connectivity index (χ4v) is 2.30. The summed E-state index contributed by atoms with van der Waals surface area (Å²) in [5.41, 5.74) is 1.57. The largest absolute Gasteiger partial charge is 0.0616 e. The normalized spacial score (nSPS) is 12.0. The minimum absolute atomic E-state index is 0.201. The Balaban J connectivity index is 2.73. The molecule has 0 amide bonds. The Morgan fingerprint density at radius 2 is 1.67 bits per heavy atom. The van der Waals surface area contributed by atoms with Crippen LogP contribution in [0.1, 0.15) is 26.3 Å². The Kier molecular flexibility index (Phi) is 2.59. The molecule has 0 heterocycles. The number of rotatable bonds is 0. The van der Waals surface area contributed by atoms with Crippen molar-refractivity contribution in [2.75, 3.05) is 0 Å². The number of fused-ring (bicyclic) bond motifs is 1. The van der Waals surface area contributed by atoms with Gasteiger partial charge in [0.05, 0.1) is 0 Å². The maximum Gasteiger partial charge on any atom is 0.0256 e. The summed E-state index contributed by atoms with van der Waals surface area (Å²) in [5.74, 6) is 0. The summed E-state index contributed by atoms with van der Waals surface area (Å²) >= 11 is 3.64. The van der Waals surface area contributed by atoms with Crippen molar-refractivity contribution in [2.45, 2.75) is 26.2 Å². The summed E-state index contributed by atoms with van der Waals surface area (Å²) in [7, 11) is 0. The van der Waals surface area contributed by atoms with E-state index >= 15 is 0 Å². The van der Waals surface area contributed by atoms with Gasteiger partial charge in [-0.1, -0.05) is 67.0 Å². The summed E-state index contributed by atoms with van der Waals surface area (Å²) in [6, 6.07) is 13.0. The quantitative estimate of drug-likeness (QED) is 0.634. The molecule has 0 radical (unpaired) electrons. The third kappa shape index (κ3) is 2.07. The summed E-state index contributed by atoms with van der Waals surface area (Å²) in [6.07, 6.45) is 0. The van der Waals surface area contributed by atoms with E-state index in [0.29, 0.717) is 0 Å².